The molecule has 116 valence electrons. The van der Waals surface area contributed by atoms with Gasteiger partial charge in [-0.15, -0.1) is 0 Å². The predicted octanol–water partition coefficient (Wildman–Crippen LogP) is 2.74. The summed E-state index contributed by atoms with van der Waals surface area (Å²) in [6, 6.07) is 14.2. The largest absolute Gasteiger partial charge is 0.274 e. The topological polar surface area (TPSA) is 63.2 Å². The van der Waals surface area contributed by atoms with Crippen molar-refractivity contribution < 1.29 is 13.2 Å². The van der Waals surface area contributed by atoms with E-state index in [0.717, 1.165) is 16.7 Å². The van der Waals surface area contributed by atoms with Gasteiger partial charge in [-0.2, -0.15) is 0 Å². The molecular weight excluding hydrogens is 298 g/mol. The lowest BCUT2D eigenvalue weighted by molar-refractivity contribution is -0.119. The monoisotopic (exact) mass is 317 g/mol. The molecule has 0 radical (unpaired) electrons. The number of carbonyl (C=O) groups is 1. The van der Waals surface area contributed by atoms with Gasteiger partial charge in [-0.1, -0.05) is 47.5 Å². The fraction of sp³-hybridized carbons (Fsp3) is 0.235. The van der Waals surface area contributed by atoms with Gasteiger partial charge >= 0.3 is 0 Å². The summed E-state index contributed by atoms with van der Waals surface area (Å²) < 4.78 is 26.3. The SMILES string of the molecule is Cc1ccc(S(=O)(=O)NC(=O)CCc2cccc(C)c2)cc1. The first kappa shape index (κ1) is 16.2. The summed E-state index contributed by atoms with van der Waals surface area (Å²) in [7, 11) is -3.79. The maximum Gasteiger partial charge on any atom is 0.264 e. The van der Waals surface area contributed by atoms with E-state index >= 15 is 0 Å². The van der Waals surface area contributed by atoms with Gasteiger partial charge < -0.3 is 0 Å². The van der Waals surface area contributed by atoms with Crippen molar-refractivity contribution in [2.75, 3.05) is 0 Å². The van der Waals surface area contributed by atoms with E-state index in [1.54, 1.807) is 12.1 Å². The highest BCUT2D eigenvalue weighted by molar-refractivity contribution is 7.90. The summed E-state index contributed by atoms with van der Waals surface area (Å²) in [5, 5.41) is 0. The molecule has 0 saturated heterocycles. The second kappa shape index (κ2) is 6.75. The van der Waals surface area contributed by atoms with Crippen LogP contribution in [0.2, 0.25) is 0 Å². The van der Waals surface area contributed by atoms with E-state index in [1.807, 2.05) is 38.1 Å². The van der Waals surface area contributed by atoms with Crippen LogP contribution in [-0.4, -0.2) is 14.3 Å². The fourth-order valence-electron chi connectivity index (χ4n) is 2.10. The van der Waals surface area contributed by atoms with Crippen molar-refractivity contribution in [3.63, 3.8) is 0 Å². The van der Waals surface area contributed by atoms with Crippen molar-refractivity contribution in [1.29, 1.82) is 0 Å². The van der Waals surface area contributed by atoms with E-state index < -0.39 is 15.9 Å². The van der Waals surface area contributed by atoms with Crippen LogP contribution in [0, 0.1) is 13.8 Å². The van der Waals surface area contributed by atoms with Gasteiger partial charge in [0.05, 0.1) is 4.90 Å². The Labute approximate surface area is 131 Å². The first-order valence-corrected chi connectivity index (χ1v) is 8.53. The van der Waals surface area contributed by atoms with Gasteiger partial charge in [0.25, 0.3) is 10.0 Å². The molecule has 0 saturated carbocycles. The molecule has 0 aliphatic rings. The molecule has 0 aliphatic heterocycles. The number of carbonyl (C=O) groups excluding carboxylic acids is 1. The van der Waals surface area contributed by atoms with E-state index in [0.29, 0.717) is 6.42 Å². The molecule has 1 amide bonds. The average molecular weight is 317 g/mol. The normalized spacial score (nSPS) is 11.2. The highest BCUT2D eigenvalue weighted by Crippen LogP contribution is 2.11. The first-order valence-electron chi connectivity index (χ1n) is 7.05. The molecule has 0 bridgehead atoms. The summed E-state index contributed by atoms with van der Waals surface area (Å²) in [5.41, 5.74) is 3.10. The Morgan fingerprint density at radius 3 is 2.32 bits per heavy atom. The fourth-order valence-corrected chi connectivity index (χ4v) is 3.12. The number of amides is 1. The Morgan fingerprint density at radius 1 is 1.00 bits per heavy atom. The lowest BCUT2D eigenvalue weighted by Crippen LogP contribution is -2.30. The van der Waals surface area contributed by atoms with E-state index in [2.05, 4.69) is 4.72 Å². The van der Waals surface area contributed by atoms with Crippen molar-refractivity contribution in [3.05, 3.63) is 65.2 Å². The van der Waals surface area contributed by atoms with Gasteiger partial charge in [-0.3, -0.25) is 4.79 Å². The number of sulfonamides is 1. The molecule has 22 heavy (non-hydrogen) atoms. The lowest BCUT2D eigenvalue weighted by Gasteiger charge is -2.07. The Balaban J connectivity index is 1.97. The minimum absolute atomic E-state index is 0.0991. The van der Waals surface area contributed by atoms with Gasteiger partial charge in [0, 0.05) is 6.42 Å². The zero-order valence-corrected chi connectivity index (χ0v) is 13.5. The quantitative estimate of drug-likeness (QED) is 0.922. The zero-order chi connectivity index (χ0) is 16.2. The van der Waals surface area contributed by atoms with E-state index in [9.17, 15) is 13.2 Å². The third kappa shape index (κ3) is 4.43. The molecule has 5 heteroatoms. The van der Waals surface area contributed by atoms with Crippen LogP contribution >= 0.6 is 0 Å². The third-order valence-corrected chi connectivity index (χ3v) is 4.69. The van der Waals surface area contributed by atoms with Gasteiger partial charge in [-0.25, -0.2) is 13.1 Å². The van der Waals surface area contributed by atoms with Crippen LogP contribution in [0.25, 0.3) is 0 Å². The predicted molar refractivity (Wildman–Crippen MR) is 86.0 cm³/mol. The molecule has 1 N–H and O–H groups in total. The second-order valence-corrected chi connectivity index (χ2v) is 7.01. The molecule has 0 heterocycles. The minimum atomic E-state index is -3.79. The van der Waals surface area contributed by atoms with Crippen molar-refractivity contribution >= 4 is 15.9 Å². The van der Waals surface area contributed by atoms with Gasteiger partial charge in [0.1, 0.15) is 0 Å². The summed E-state index contributed by atoms with van der Waals surface area (Å²) in [6.07, 6.45) is 0.644. The van der Waals surface area contributed by atoms with Crippen LogP contribution in [0.4, 0.5) is 0 Å². The molecule has 0 unspecified atom stereocenters. The molecule has 0 aliphatic carbocycles. The maximum absolute atomic E-state index is 12.1. The Kier molecular flexibility index (Phi) is 4.98. The zero-order valence-electron chi connectivity index (χ0n) is 12.7. The standard InChI is InChI=1S/C17H19NO3S/c1-13-6-9-16(10-7-13)22(20,21)18-17(19)11-8-15-5-3-4-14(2)12-15/h3-7,9-10,12H,8,11H2,1-2H3,(H,18,19). The number of benzene rings is 2. The molecule has 2 aromatic carbocycles. The highest BCUT2D eigenvalue weighted by Gasteiger charge is 2.17. The summed E-state index contributed by atoms with van der Waals surface area (Å²) >= 11 is 0. The van der Waals surface area contributed by atoms with Gasteiger partial charge in [0.15, 0.2) is 0 Å². The first-order chi connectivity index (χ1) is 10.4. The van der Waals surface area contributed by atoms with Crippen LogP contribution in [0.15, 0.2) is 53.4 Å². The summed E-state index contributed by atoms with van der Waals surface area (Å²) in [5.74, 6) is -0.498. The van der Waals surface area contributed by atoms with Gasteiger partial charge in [0.2, 0.25) is 5.91 Å². The van der Waals surface area contributed by atoms with E-state index in [1.165, 1.54) is 12.1 Å². The van der Waals surface area contributed by atoms with Crippen LogP contribution in [0.5, 0.6) is 0 Å². The van der Waals surface area contributed by atoms with Crippen molar-refractivity contribution in [1.82, 2.24) is 4.72 Å². The minimum Gasteiger partial charge on any atom is -0.274 e. The molecule has 0 aromatic heterocycles. The number of hydrogen-bond donors (Lipinski definition) is 1. The molecule has 4 nitrogen and oxygen atoms in total. The highest BCUT2D eigenvalue weighted by atomic mass is 32.2. The van der Waals surface area contributed by atoms with Crippen LogP contribution in [0.3, 0.4) is 0 Å². The molecule has 2 aromatic rings. The molecule has 2 rings (SSSR count). The number of aryl methyl sites for hydroxylation is 3. The molecule has 0 fully saturated rings. The molecule has 0 spiro atoms. The average Bonchev–Trinajstić information content (AvgIpc) is 2.45. The smallest absolute Gasteiger partial charge is 0.264 e. The second-order valence-electron chi connectivity index (χ2n) is 5.33. The van der Waals surface area contributed by atoms with Crippen molar-refractivity contribution in [2.45, 2.75) is 31.6 Å². The van der Waals surface area contributed by atoms with E-state index in [-0.39, 0.29) is 11.3 Å². The van der Waals surface area contributed by atoms with Crippen LogP contribution < -0.4 is 4.72 Å². The summed E-state index contributed by atoms with van der Waals surface area (Å²) in [6.45, 7) is 3.85. The Bertz CT molecular complexity index is 765. The van der Waals surface area contributed by atoms with E-state index in [4.69, 9.17) is 0 Å². The number of hydrogen-bond acceptors (Lipinski definition) is 3. The third-order valence-electron chi connectivity index (χ3n) is 3.30. The van der Waals surface area contributed by atoms with Crippen LogP contribution in [-0.2, 0) is 21.2 Å². The number of rotatable bonds is 5. The lowest BCUT2D eigenvalue weighted by atomic mass is 10.1. The van der Waals surface area contributed by atoms with Crippen molar-refractivity contribution in [2.24, 2.45) is 0 Å². The number of nitrogens with one attached hydrogen (secondary N) is 1. The Hall–Kier alpha value is -2.14. The van der Waals surface area contributed by atoms with Gasteiger partial charge in [-0.05, 0) is 38.0 Å². The van der Waals surface area contributed by atoms with Crippen LogP contribution in [0.1, 0.15) is 23.1 Å². The molecule has 0 atom stereocenters. The summed E-state index contributed by atoms with van der Waals surface area (Å²) in [4.78, 5) is 12.0. The van der Waals surface area contributed by atoms with Crippen molar-refractivity contribution in [3.8, 4) is 0 Å². The molecular formula is C17H19NO3S. The Morgan fingerprint density at radius 2 is 1.68 bits per heavy atom. The maximum atomic E-state index is 12.1.